The molecule has 0 unspecified atom stereocenters. The van der Waals surface area contributed by atoms with Gasteiger partial charge in [0.05, 0.1) is 23.8 Å². The fraction of sp³-hybridized carbons (Fsp3) is 0.471. The third-order valence-corrected chi connectivity index (χ3v) is 5.21. The van der Waals surface area contributed by atoms with E-state index in [1.165, 1.54) is 24.1 Å². The van der Waals surface area contributed by atoms with E-state index in [2.05, 4.69) is 10.1 Å². The van der Waals surface area contributed by atoms with Gasteiger partial charge >= 0.3 is 18.0 Å². The summed E-state index contributed by atoms with van der Waals surface area (Å²) in [5.41, 5.74) is -0.933. The standard InChI is InChI=1S/C17H19FN2O5/c1-25-14(21)10-4-5-12(18)13(7-10)19-16(24)20-8-11-3-2-6-17(11,9-20)15(22)23/h4-5,7,11H,2-3,6,8-9H2,1H3,(H,19,24)(H,22,23)/t11-,17+/m0/s1. The molecule has 0 bridgehead atoms. The van der Waals surface area contributed by atoms with Crippen LogP contribution >= 0.6 is 0 Å². The highest BCUT2D eigenvalue weighted by atomic mass is 19.1. The van der Waals surface area contributed by atoms with E-state index in [1.807, 2.05) is 0 Å². The number of likely N-dealkylation sites (tertiary alicyclic amines) is 1. The van der Waals surface area contributed by atoms with Crippen LogP contribution in [0.4, 0.5) is 14.9 Å². The molecular formula is C17H19FN2O5. The third kappa shape index (κ3) is 2.92. The molecule has 1 heterocycles. The van der Waals surface area contributed by atoms with Crippen LogP contribution in [0.5, 0.6) is 0 Å². The number of nitrogens with one attached hydrogen (secondary N) is 1. The Hall–Kier alpha value is -2.64. The second kappa shape index (κ2) is 6.34. The number of hydrogen-bond acceptors (Lipinski definition) is 4. The number of carbonyl (C=O) groups excluding carboxylic acids is 2. The predicted octanol–water partition coefficient (Wildman–Crippen LogP) is 2.33. The quantitative estimate of drug-likeness (QED) is 0.816. The molecule has 1 aromatic carbocycles. The number of rotatable bonds is 3. The van der Waals surface area contributed by atoms with Gasteiger partial charge in [-0.1, -0.05) is 6.42 Å². The van der Waals surface area contributed by atoms with Gasteiger partial charge in [-0.05, 0) is 37.0 Å². The number of esters is 1. The molecular weight excluding hydrogens is 331 g/mol. The summed E-state index contributed by atoms with van der Waals surface area (Å²) in [5, 5.41) is 12.0. The molecule has 7 nitrogen and oxygen atoms in total. The van der Waals surface area contributed by atoms with Crippen molar-refractivity contribution in [3.05, 3.63) is 29.6 Å². The van der Waals surface area contributed by atoms with Crippen LogP contribution in [0, 0.1) is 17.2 Å². The number of hydrogen-bond donors (Lipinski definition) is 2. The highest BCUT2D eigenvalue weighted by molar-refractivity contribution is 5.94. The highest BCUT2D eigenvalue weighted by Gasteiger charge is 2.55. The zero-order valence-electron chi connectivity index (χ0n) is 13.8. The number of nitrogens with zero attached hydrogens (tertiary/aromatic N) is 1. The van der Waals surface area contributed by atoms with Gasteiger partial charge < -0.3 is 20.1 Å². The number of amides is 2. The van der Waals surface area contributed by atoms with E-state index in [0.717, 1.165) is 18.9 Å². The summed E-state index contributed by atoms with van der Waals surface area (Å²) in [7, 11) is 1.21. The molecule has 2 fully saturated rings. The van der Waals surface area contributed by atoms with Crippen molar-refractivity contribution in [1.29, 1.82) is 0 Å². The zero-order chi connectivity index (χ0) is 18.2. The lowest BCUT2D eigenvalue weighted by Crippen LogP contribution is -2.38. The summed E-state index contributed by atoms with van der Waals surface area (Å²) in [5.74, 6) is -2.30. The smallest absolute Gasteiger partial charge is 0.337 e. The number of halogens is 1. The maximum Gasteiger partial charge on any atom is 0.337 e. The SMILES string of the molecule is COC(=O)c1ccc(F)c(NC(=O)N2C[C@@H]3CCC[C@@]3(C(=O)O)C2)c1. The fourth-order valence-electron chi connectivity index (χ4n) is 3.85. The summed E-state index contributed by atoms with van der Waals surface area (Å²) < 4.78 is 18.5. The Labute approximate surface area is 143 Å². The number of carboxylic acids is 1. The van der Waals surface area contributed by atoms with E-state index in [4.69, 9.17) is 0 Å². The van der Waals surface area contributed by atoms with E-state index < -0.39 is 29.2 Å². The Morgan fingerprint density at radius 2 is 2.16 bits per heavy atom. The number of methoxy groups -OCH3 is 1. The topological polar surface area (TPSA) is 95.9 Å². The van der Waals surface area contributed by atoms with Crippen LogP contribution in [0.3, 0.4) is 0 Å². The normalized spacial score (nSPS) is 24.7. The van der Waals surface area contributed by atoms with Crippen molar-refractivity contribution in [2.75, 3.05) is 25.5 Å². The van der Waals surface area contributed by atoms with Crippen LogP contribution in [0.1, 0.15) is 29.6 Å². The molecule has 8 heteroatoms. The molecule has 1 saturated carbocycles. The molecule has 1 aromatic rings. The number of ether oxygens (including phenoxy) is 1. The van der Waals surface area contributed by atoms with Gasteiger partial charge in [-0.15, -0.1) is 0 Å². The lowest BCUT2D eigenvalue weighted by Gasteiger charge is -2.23. The van der Waals surface area contributed by atoms with Gasteiger partial charge in [0.2, 0.25) is 0 Å². The molecule has 1 aliphatic carbocycles. The lowest BCUT2D eigenvalue weighted by molar-refractivity contribution is -0.149. The predicted molar refractivity (Wildman–Crippen MR) is 85.7 cm³/mol. The Morgan fingerprint density at radius 1 is 1.40 bits per heavy atom. The molecule has 1 aliphatic heterocycles. The van der Waals surface area contributed by atoms with Gasteiger partial charge in [-0.2, -0.15) is 0 Å². The van der Waals surface area contributed by atoms with E-state index >= 15 is 0 Å². The van der Waals surface area contributed by atoms with Crippen molar-refractivity contribution in [3.8, 4) is 0 Å². The van der Waals surface area contributed by atoms with E-state index in [9.17, 15) is 23.9 Å². The molecule has 2 atom stereocenters. The first-order chi connectivity index (χ1) is 11.9. The molecule has 0 radical (unpaired) electrons. The van der Waals surface area contributed by atoms with Crippen molar-refractivity contribution < 1.29 is 28.6 Å². The Kier molecular flexibility index (Phi) is 4.36. The number of carboxylic acid groups (broad SMARTS) is 1. The summed E-state index contributed by atoms with van der Waals surface area (Å²) in [6.07, 6.45) is 2.15. The maximum absolute atomic E-state index is 13.9. The van der Waals surface area contributed by atoms with Crippen LogP contribution < -0.4 is 5.32 Å². The Balaban J connectivity index is 1.75. The fourth-order valence-corrected chi connectivity index (χ4v) is 3.85. The van der Waals surface area contributed by atoms with Gasteiger partial charge in [-0.3, -0.25) is 4.79 Å². The van der Waals surface area contributed by atoms with Crippen LogP contribution in [-0.2, 0) is 9.53 Å². The minimum atomic E-state index is -0.899. The molecule has 2 N–H and O–H groups in total. The van der Waals surface area contributed by atoms with Gasteiger partial charge in [0, 0.05) is 13.1 Å². The molecule has 1 saturated heterocycles. The first kappa shape index (κ1) is 17.2. The molecule has 25 heavy (non-hydrogen) atoms. The van der Waals surface area contributed by atoms with Crippen LogP contribution in [-0.4, -0.2) is 48.2 Å². The summed E-state index contributed by atoms with van der Waals surface area (Å²) in [4.78, 5) is 37.1. The molecule has 0 spiro atoms. The number of benzene rings is 1. The van der Waals surface area contributed by atoms with Crippen molar-refractivity contribution in [2.45, 2.75) is 19.3 Å². The van der Waals surface area contributed by atoms with Crippen molar-refractivity contribution in [2.24, 2.45) is 11.3 Å². The van der Waals surface area contributed by atoms with Gasteiger partial charge in [-0.25, -0.2) is 14.0 Å². The average molecular weight is 350 g/mol. The van der Waals surface area contributed by atoms with E-state index in [0.29, 0.717) is 13.0 Å². The summed E-state index contributed by atoms with van der Waals surface area (Å²) >= 11 is 0. The molecule has 0 aromatic heterocycles. The summed E-state index contributed by atoms with van der Waals surface area (Å²) in [6, 6.07) is 2.95. The van der Waals surface area contributed by atoms with E-state index in [-0.39, 0.29) is 23.7 Å². The minimum Gasteiger partial charge on any atom is -0.481 e. The molecule has 3 rings (SSSR count). The maximum atomic E-state index is 13.9. The van der Waals surface area contributed by atoms with Crippen molar-refractivity contribution in [3.63, 3.8) is 0 Å². The second-order valence-corrected chi connectivity index (χ2v) is 6.55. The number of carbonyl (C=O) groups is 3. The van der Waals surface area contributed by atoms with Gasteiger partial charge in [0.25, 0.3) is 0 Å². The number of fused-ring (bicyclic) bond motifs is 1. The van der Waals surface area contributed by atoms with E-state index in [1.54, 1.807) is 0 Å². The molecule has 2 amide bonds. The highest BCUT2D eigenvalue weighted by Crippen LogP contribution is 2.48. The third-order valence-electron chi connectivity index (χ3n) is 5.21. The Bertz CT molecular complexity index is 738. The number of aliphatic carboxylic acids is 1. The van der Waals surface area contributed by atoms with Crippen LogP contribution in [0.25, 0.3) is 0 Å². The molecule has 134 valence electrons. The lowest BCUT2D eigenvalue weighted by atomic mass is 9.81. The Morgan fingerprint density at radius 3 is 2.80 bits per heavy atom. The molecule has 2 aliphatic rings. The summed E-state index contributed by atoms with van der Waals surface area (Å²) in [6.45, 7) is 0.438. The average Bonchev–Trinajstić information content (AvgIpc) is 3.14. The first-order valence-corrected chi connectivity index (χ1v) is 8.04. The van der Waals surface area contributed by atoms with Gasteiger partial charge in [0.15, 0.2) is 0 Å². The number of anilines is 1. The monoisotopic (exact) mass is 350 g/mol. The first-order valence-electron chi connectivity index (χ1n) is 8.04. The zero-order valence-corrected chi connectivity index (χ0v) is 13.8. The van der Waals surface area contributed by atoms with Crippen molar-refractivity contribution >= 4 is 23.7 Å². The van der Waals surface area contributed by atoms with Gasteiger partial charge in [0.1, 0.15) is 5.82 Å². The minimum absolute atomic E-state index is 0.0815. The van der Waals surface area contributed by atoms with Crippen LogP contribution in [0.2, 0.25) is 0 Å². The number of urea groups is 1. The van der Waals surface area contributed by atoms with Crippen molar-refractivity contribution in [1.82, 2.24) is 4.90 Å². The largest absolute Gasteiger partial charge is 0.481 e. The second-order valence-electron chi connectivity index (χ2n) is 6.55. The van der Waals surface area contributed by atoms with Crippen LogP contribution in [0.15, 0.2) is 18.2 Å².